The van der Waals surface area contributed by atoms with Crippen molar-refractivity contribution in [2.75, 3.05) is 19.0 Å². The van der Waals surface area contributed by atoms with Crippen LogP contribution in [-0.2, 0) is 6.42 Å². The number of pyridine rings is 1. The van der Waals surface area contributed by atoms with Crippen molar-refractivity contribution in [1.82, 2.24) is 10.4 Å². The fraction of sp³-hybridized carbons (Fsp3) is 0.278. The van der Waals surface area contributed by atoms with Gasteiger partial charge in [-0.2, -0.15) is 5.10 Å². The molecule has 0 radical (unpaired) electrons. The summed E-state index contributed by atoms with van der Waals surface area (Å²) in [5.41, 5.74) is 7.26. The van der Waals surface area contributed by atoms with Gasteiger partial charge in [0.2, 0.25) is 0 Å². The summed E-state index contributed by atoms with van der Waals surface area (Å²) in [7, 11) is 3.93. The molecule has 23 heavy (non-hydrogen) atoms. The Morgan fingerprint density at radius 1 is 1.17 bits per heavy atom. The monoisotopic (exact) mass is 308 g/mol. The van der Waals surface area contributed by atoms with E-state index in [1.54, 1.807) is 18.3 Å². The minimum atomic E-state index is -0.203. The second-order valence-corrected chi connectivity index (χ2v) is 5.81. The Bertz CT molecular complexity index is 735. The van der Waals surface area contributed by atoms with Crippen LogP contribution in [0.3, 0.4) is 0 Å². The molecule has 1 N–H and O–H groups in total. The van der Waals surface area contributed by atoms with Gasteiger partial charge in [0, 0.05) is 31.5 Å². The molecular formula is C18H20N4O. The number of rotatable bonds is 3. The van der Waals surface area contributed by atoms with Crippen LogP contribution in [-0.4, -0.2) is 30.7 Å². The molecule has 1 amide bonds. The number of aromatic nitrogens is 1. The lowest BCUT2D eigenvalue weighted by atomic mass is 9.95. The Labute approximate surface area is 136 Å². The van der Waals surface area contributed by atoms with Gasteiger partial charge in [-0.05, 0) is 55.2 Å². The first kappa shape index (κ1) is 15.2. The molecule has 0 atom stereocenters. The number of anilines is 1. The van der Waals surface area contributed by atoms with Gasteiger partial charge in [0.1, 0.15) is 0 Å². The van der Waals surface area contributed by atoms with Crippen LogP contribution in [0.5, 0.6) is 0 Å². The van der Waals surface area contributed by atoms with Crippen molar-refractivity contribution in [3.05, 3.63) is 59.4 Å². The molecule has 1 aromatic heterocycles. The highest BCUT2D eigenvalue weighted by Gasteiger charge is 2.16. The normalized spacial score (nSPS) is 15.1. The van der Waals surface area contributed by atoms with Crippen molar-refractivity contribution in [3.63, 3.8) is 0 Å². The molecule has 0 fully saturated rings. The van der Waals surface area contributed by atoms with Gasteiger partial charge in [-0.15, -0.1) is 0 Å². The molecule has 0 bridgehead atoms. The van der Waals surface area contributed by atoms with Crippen LogP contribution in [0.2, 0.25) is 0 Å². The van der Waals surface area contributed by atoms with Crippen LogP contribution in [0.25, 0.3) is 0 Å². The molecule has 5 heteroatoms. The van der Waals surface area contributed by atoms with E-state index in [1.165, 1.54) is 5.56 Å². The quantitative estimate of drug-likeness (QED) is 0.887. The van der Waals surface area contributed by atoms with Crippen molar-refractivity contribution in [3.8, 4) is 0 Å². The molecule has 5 nitrogen and oxygen atoms in total. The number of hydrogen-bond donors (Lipinski definition) is 1. The number of hydrazone groups is 1. The first-order chi connectivity index (χ1) is 11.1. The average molecular weight is 308 g/mol. The summed E-state index contributed by atoms with van der Waals surface area (Å²) in [4.78, 5) is 18.6. The van der Waals surface area contributed by atoms with Gasteiger partial charge in [0.05, 0.1) is 11.4 Å². The molecule has 2 aromatic rings. The lowest BCUT2D eigenvalue weighted by Gasteiger charge is -2.16. The van der Waals surface area contributed by atoms with Gasteiger partial charge < -0.3 is 4.90 Å². The highest BCUT2D eigenvalue weighted by molar-refractivity contribution is 6.02. The molecule has 0 saturated heterocycles. The summed E-state index contributed by atoms with van der Waals surface area (Å²) >= 11 is 0. The molecule has 0 aliphatic heterocycles. The van der Waals surface area contributed by atoms with E-state index >= 15 is 0 Å². The van der Waals surface area contributed by atoms with Crippen molar-refractivity contribution in [2.45, 2.75) is 19.3 Å². The lowest BCUT2D eigenvalue weighted by Crippen LogP contribution is -2.23. The van der Waals surface area contributed by atoms with Crippen molar-refractivity contribution in [1.29, 1.82) is 0 Å². The van der Waals surface area contributed by atoms with E-state index < -0.39 is 0 Å². The zero-order chi connectivity index (χ0) is 16.2. The molecule has 0 spiro atoms. The maximum Gasteiger partial charge on any atom is 0.271 e. The third kappa shape index (κ3) is 3.39. The highest BCUT2D eigenvalue weighted by Crippen LogP contribution is 2.19. The van der Waals surface area contributed by atoms with Crippen LogP contribution in [0, 0.1) is 0 Å². The average Bonchev–Trinajstić information content (AvgIpc) is 2.59. The van der Waals surface area contributed by atoms with E-state index in [-0.39, 0.29) is 5.91 Å². The Kier molecular flexibility index (Phi) is 4.37. The third-order valence-corrected chi connectivity index (χ3v) is 3.96. The molecule has 3 rings (SSSR count). The van der Waals surface area contributed by atoms with Gasteiger partial charge in [0.15, 0.2) is 0 Å². The number of benzene rings is 1. The second-order valence-electron chi connectivity index (χ2n) is 5.81. The van der Waals surface area contributed by atoms with Crippen LogP contribution in [0.15, 0.2) is 47.7 Å². The summed E-state index contributed by atoms with van der Waals surface area (Å²) < 4.78 is 0. The fourth-order valence-corrected chi connectivity index (χ4v) is 2.67. The number of hydrogen-bond acceptors (Lipinski definition) is 4. The predicted octanol–water partition coefficient (Wildman–Crippen LogP) is 2.62. The summed E-state index contributed by atoms with van der Waals surface area (Å²) in [6, 6.07) is 11.4. The van der Waals surface area contributed by atoms with Crippen LogP contribution >= 0.6 is 0 Å². The molecular weight excluding hydrogens is 288 g/mol. The zero-order valence-electron chi connectivity index (χ0n) is 13.4. The number of aryl methyl sites for hydroxylation is 1. The van der Waals surface area contributed by atoms with Crippen LogP contribution in [0.1, 0.15) is 34.5 Å². The van der Waals surface area contributed by atoms with Crippen molar-refractivity contribution in [2.24, 2.45) is 5.10 Å². The maximum atomic E-state index is 12.2. The largest absolute Gasteiger partial charge is 0.378 e. The minimum absolute atomic E-state index is 0.203. The molecule has 1 aromatic carbocycles. The molecule has 0 saturated carbocycles. The molecule has 1 aliphatic carbocycles. The number of carbonyl (C=O) groups excluding carboxylic acids is 1. The summed E-state index contributed by atoms with van der Waals surface area (Å²) in [6.45, 7) is 0. The first-order valence-electron chi connectivity index (χ1n) is 7.73. The van der Waals surface area contributed by atoms with E-state index in [1.807, 2.05) is 37.2 Å². The molecule has 118 valence electrons. The lowest BCUT2D eigenvalue weighted by molar-refractivity contribution is 0.0955. The smallest absolute Gasteiger partial charge is 0.271 e. The predicted molar refractivity (Wildman–Crippen MR) is 91.9 cm³/mol. The SMILES string of the molecule is CN(C)c1ccc(C(=O)N/N=C2\CCCc3cccnc32)cc1. The van der Waals surface area contributed by atoms with Gasteiger partial charge in [-0.1, -0.05) is 6.07 Å². The second kappa shape index (κ2) is 6.60. The van der Waals surface area contributed by atoms with Gasteiger partial charge in [-0.3, -0.25) is 9.78 Å². The number of nitrogens with one attached hydrogen (secondary N) is 1. The highest BCUT2D eigenvalue weighted by atomic mass is 16.2. The van der Waals surface area contributed by atoms with E-state index in [0.717, 1.165) is 36.4 Å². The number of nitrogens with zero attached hydrogens (tertiary/aromatic N) is 3. The molecule has 1 aliphatic rings. The Morgan fingerprint density at radius 2 is 1.96 bits per heavy atom. The van der Waals surface area contributed by atoms with E-state index in [9.17, 15) is 4.79 Å². The molecule has 1 heterocycles. The maximum absolute atomic E-state index is 12.2. The Balaban J connectivity index is 1.74. The standard InChI is InChI=1S/C18H20N4O/c1-22(2)15-10-8-14(9-11-15)18(23)21-20-16-7-3-5-13-6-4-12-19-17(13)16/h4,6,8-12H,3,5,7H2,1-2H3,(H,21,23)/b20-16+. The molecule has 0 unspecified atom stereocenters. The van der Waals surface area contributed by atoms with E-state index in [0.29, 0.717) is 5.56 Å². The summed E-state index contributed by atoms with van der Waals surface area (Å²) in [6.07, 6.45) is 4.65. The van der Waals surface area contributed by atoms with E-state index in [2.05, 4.69) is 21.6 Å². The topological polar surface area (TPSA) is 57.6 Å². The first-order valence-corrected chi connectivity index (χ1v) is 7.73. The minimum Gasteiger partial charge on any atom is -0.378 e. The van der Waals surface area contributed by atoms with Crippen molar-refractivity contribution >= 4 is 17.3 Å². The van der Waals surface area contributed by atoms with Crippen LogP contribution in [0.4, 0.5) is 5.69 Å². The zero-order valence-corrected chi connectivity index (χ0v) is 13.4. The van der Waals surface area contributed by atoms with Gasteiger partial charge in [-0.25, -0.2) is 5.43 Å². The summed E-state index contributed by atoms with van der Waals surface area (Å²) in [5, 5.41) is 4.30. The van der Waals surface area contributed by atoms with Gasteiger partial charge >= 0.3 is 0 Å². The number of carbonyl (C=O) groups is 1. The third-order valence-electron chi connectivity index (χ3n) is 3.96. The summed E-state index contributed by atoms with van der Waals surface area (Å²) in [5.74, 6) is -0.203. The Hall–Kier alpha value is -2.69. The fourth-order valence-electron chi connectivity index (χ4n) is 2.67. The van der Waals surface area contributed by atoms with Crippen molar-refractivity contribution < 1.29 is 4.79 Å². The number of amides is 1. The number of fused-ring (bicyclic) bond motifs is 1. The van der Waals surface area contributed by atoms with Gasteiger partial charge in [0.25, 0.3) is 5.91 Å². The Morgan fingerprint density at radius 3 is 2.70 bits per heavy atom. The van der Waals surface area contributed by atoms with E-state index in [4.69, 9.17) is 0 Å². The van der Waals surface area contributed by atoms with Crippen LogP contribution < -0.4 is 10.3 Å².